The molecule has 0 saturated heterocycles. The summed E-state index contributed by atoms with van der Waals surface area (Å²) in [7, 11) is 1.58. The Bertz CT molecular complexity index is 397. The van der Waals surface area contributed by atoms with Crippen LogP contribution in [0.25, 0.3) is 0 Å². The lowest BCUT2D eigenvalue weighted by Gasteiger charge is -2.07. The van der Waals surface area contributed by atoms with E-state index in [0.29, 0.717) is 25.3 Å². The molecule has 0 unspecified atom stereocenters. The van der Waals surface area contributed by atoms with Crippen LogP contribution >= 0.6 is 0 Å². The number of aryl methyl sites for hydroxylation is 1. The number of nitrogens with one attached hydrogen (secondary N) is 2. The van der Waals surface area contributed by atoms with Crippen molar-refractivity contribution in [2.24, 2.45) is 0 Å². The molecule has 0 aliphatic rings. The lowest BCUT2D eigenvalue weighted by atomic mass is 10.1. The van der Waals surface area contributed by atoms with Crippen molar-refractivity contribution in [1.29, 1.82) is 0 Å². The van der Waals surface area contributed by atoms with Gasteiger partial charge in [0.2, 0.25) is 5.91 Å². The van der Waals surface area contributed by atoms with E-state index < -0.39 is 0 Å². The highest BCUT2D eigenvalue weighted by atomic mass is 19.1. The van der Waals surface area contributed by atoms with Gasteiger partial charge in [-0.1, -0.05) is 12.1 Å². The summed E-state index contributed by atoms with van der Waals surface area (Å²) in [6.45, 7) is 3.50. The SMILES string of the molecule is COCCNC(=O)CNCc1ccc(F)c(C)c1. The Morgan fingerprint density at radius 2 is 2.22 bits per heavy atom. The van der Waals surface area contributed by atoms with Crippen LogP contribution in [0.1, 0.15) is 11.1 Å². The maximum Gasteiger partial charge on any atom is 0.234 e. The molecular weight excluding hydrogens is 235 g/mol. The van der Waals surface area contributed by atoms with E-state index in [9.17, 15) is 9.18 Å². The second kappa shape index (κ2) is 7.79. The van der Waals surface area contributed by atoms with E-state index in [2.05, 4.69) is 10.6 Å². The molecule has 0 aromatic heterocycles. The van der Waals surface area contributed by atoms with Crippen LogP contribution in [0.3, 0.4) is 0 Å². The zero-order valence-electron chi connectivity index (χ0n) is 10.8. The van der Waals surface area contributed by atoms with Gasteiger partial charge in [0.25, 0.3) is 0 Å². The van der Waals surface area contributed by atoms with Gasteiger partial charge in [0.15, 0.2) is 0 Å². The molecule has 0 aliphatic heterocycles. The first-order valence-electron chi connectivity index (χ1n) is 5.85. The van der Waals surface area contributed by atoms with Gasteiger partial charge in [-0.05, 0) is 24.1 Å². The zero-order chi connectivity index (χ0) is 13.4. The van der Waals surface area contributed by atoms with Crippen LogP contribution in [0.4, 0.5) is 4.39 Å². The van der Waals surface area contributed by atoms with Crippen LogP contribution in [0.2, 0.25) is 0 Å². The molecular formula is C13H19FN2O2. The third-order valence-electron chi connectivity index (χ3n) is 2.47. The highest BCUT2D eigenvalue weighted by molar-refractivity contribution is 5.77. The fourth-order valence-corrected chi connectivity index (χ4v) is 1.49. The van der Waals surface area contributed by atoms with Crippen LogP contribution in [-0.2, 0) is 16.1 Å². The summed E-state index contributed by atoms with van der Waals surface area (Å²) in [5.74, 6) is -0.290. The summed E-state index contributed by atoms with van der Waals surface area (Å²) in [5, 5.41) is 5.70. The summed E-state index contributed by atoms with van der Waals surface area (Å²) in [6, 6.07) is 4.91. The van der Waals surface area contributed by atoms with Crippen molar-refractivity contribution < 1.29 is 13.9 Å². The van der Waals surface area contributed by atoms with Gasteiger partial charge in [-0.2, -0.15) is 0 Å². The Kier molecular flexibility index (Phi) is 6.32. The second-order valence-electron chi connectivity index (χ2n) is 4.03. The fourth-order valence-electron chi connectivity index (χ4n) is 1.49. The van der Waals surface area contributed by atoms with Gasteiger partial charge < -0.3 is 15.4 Å². The second-order valence-corrected chi connectivity index (χ2v) is 4.03. The van der Waals surface area contributed by atoms with E-state index in [1.165, 1.54) is 6.07 Å². The molecule has 2 N–H and O–H groups in total. The summed E-state index contributed by atoms with van der Waals surface area (Å²) in [5.41, 5.74) is 1.57. The number of carbonyl (C=O) groups excluding carboxylic acids is 1. The maximum atomic E-state index is 13.0. The molecule has 0 heterocycles. The molecule has 1 rings (SSSR count). The van der Waals surface area contributed by atoms with E-state index in [4.69, 9.17) is 4.74 Å². The van der Waals surface area contributed by atoms with Crippen LogP contribution in [-0.4, -0.2) is 32.7 Å². The van der Waals surface area contributed by atoms with Crippen molar-refractivity contribution in [3.05, 3.63) is 35.1 Å². The van der Waals surface area contributed by atoms with Crippen LogP contribution in [0.5, 0.6) is 0 Å². The van der Waals surface area contributed by atoms with Crippen molar-refractivity contribution in [3.8, 4) is 0 Å². The van der Waals surface area contributed by atoms with E-state index in [-0.39, 0.29) is 18.3 Å². The molecule has 0 atom stereocenters. The number of amides is 1. The minimum atomic E-state index is -0.212. The van der Waals surface area contributed by atoms with Gasteiger partial charge >= 0.3 is 0 Å². The van der Waals surface area contributed by atoms with E-state index in [1.807, 2.05) is 0 Å². The van der Waals surface area contributed by atoms with Crippen LogP contribution in [0, 0.1) is 12.7 Å². The van der Waals surface area contributed by atoms with Crippen molar-refractivity contribution in [3.63, 3.8) is 0 Å². The smallest absolute Gasteiger partial charge is 0.234 e. The first-order valence-corrected chi connectivity index (χ1v) is 5.85. The highest BCUT2D eigenvalue weighted by Crippen LogP contribution is 2.08. The molecule has 1 amide bonds. The fraction of sp³-hybridized carbons (Fsp3) is 0.462. The normalized spacial score (nSPS) is 10.4. The average molecular weight is 254 g/mol. The monoisotopic (exact) mass is 254 g/mol. The van der Waals surface area contributed by atoms with E-state index in [0.717, 1.165) is 5.56 Å². The molecule has 1 aromatic carbocycles. The average Bonchev–Trinajstić information content (AvgIpc) is 2.34. The Labute approximate surface area is 107 Å². The maximum absolute atomic E-state index is 13.0. The lowest BCUT2D eigenvalue weighted by Crippen LogP contribution is -2.35. The number of hydrogen-bond donors (Lipinski definition) is 2. The standard InChI is InChI=1S/C13H19FN2O2/c1-10-7-11(3-4-12(10)14)8-15-9-13(17)16-5-6-18-2/h3-4,7,15H,5-6,8-9H2,1-2H3,(H,16,17). The topological polar surface area (TPSA) is 50.4 Å². The van der Waals surface area contributed by atoms with Crippen molar-refractivity contribution in [2.75, 3.05) is 26.8 Å². The molecule has 0 radical (unpaired) electrons. The van der Waals surface area contributed by atoms with E-state index in [1.54, 1.807) is 26.2 Å². The molecule has 4 nitrogen and oxygen atoms in total. The van der Waals surface area contributed by atoms with Crippen LogP contribution in [0.15, 0.2) is 18.2 Å². The third-order valence-corrected chi connectivity index (χ3v) is 2.47. The summed E-state index contributed by atoms with van der Waals surface area (Å²) in [4.78, 5) is 11.3. The molecule has 1 aromatic rings. The quantitative estimate of drug-likeness (QED) is 0.713. The Morgan fingerprint density at radius 1 is 1.44 bits per heavy atom. The summed E-state index contributed by atoms with van der Waals surface area (Å²) >= 11 is 0. The Hall–Kier alpha value is -1.46. The largest absolute Gasteiger partial charge is 0.383 e. The van der Waals surface area contributed by atoms with Gasteiger partial charge in [-0.3, -0.25) is 4.79 Å². The highest BCUT2D eigenvalue weighted by Gasteiger charge is 2.01. The minimum absolute atomic E-state index is 0.0779. The summed E-state index contributed by atoms with van der Waals surface area (Å²) < 4.78 is 17.8. The first kappa shape index (κ1) is 14.6. The van der Waals surface area contributed by atoms with Gasteiger partial charge in [0.1, 0.15) is 5.82 Å². The number of carbonyl (C=O) groups is 1. The third kappa shape index (κ3) is 5.25. The first-order chi connectivity index (χ1) is 8.63. The molecule has 18 heavy (non-hydrogen) atoms. The molecule has 0 saturated carbocycles. The number of ether oxygens (including phenoxy) is 1. The molecule has 100 valence electrons. The van der Waals surface area contributed by atoms with Crippen molar-refractivity contribution in [2.45, 2.75) is 13.5 Å². The van der Waals surface area contributed by atoms with Gasteiger partial charge in [0, 0.05) is 20.2 Å². The number of hydrogen-bond acceptors (Lipinski definition) is 3. The molecule has 0 aliphatic carbocycles. The van der Waals surface area contributed by atoms with E-state index >= 15 is 0 Å². The molecule has 0 fully saturated rings. The number of methoxy groups -OCH3 is 1. The predicted octanol–water partition coefficient (Wildman–Crippen LogP) is 0.986. The van der Waals surface area contributed by atoms with Gasteiger partial charge in [-0.25, -0.2) is 4.39 Å². The van der Waals surface area contributed by atoms with Crippen molar-refractivity contribution in [1.82, 2.24) is 10.6 Å². The molecule has 0 spiro atoms. The lowest BCUT2D eigenvalue weighted by molar-refractivity contribution is -0.120. The molecule has 0 bridgehead atoms. The predicted molar refractivity (Wildman–Crippen MR) is 67.7 cm³/mol. The zero-order valence-corrected chi connectivity index (χ0v) is 10.8. The minimum Gasteiger partial charge on any atom is -0.383 e. The van der Waals surface area contributed by atoms with Crippen LogP contribution < -0.4 is 10.6 Å². The van der Waals surface area contributed by atoms with Gasteiger partial charge in [0.05, 0.1) is 13.2 Å². The summed E-state index contributed by atoms with van der Waals surface area (Å²) in [6.07, 6.45) is 0. The number of benzene rings is 1. The Balaban J connectivity index is 2.24. The van der Waals surface area contributed by atoms with Gasteiger partial charge in [-0.15, -0.1) is 0 Å². The van der Waals surface area contributed by atoms with Crippen molar-refractivity contribution >= 4 is 5.91 Å². The number of halogens is 1. The molecule has 5 heteroatoms. The Morgan fingerprint density at radius 3 is 2.89 bits per heavy atom. The number of rotatable bonds is 7.